The Hall–Kier alpha value is -3.86. The van der Waals surface area contributed by atoms with Gasteiger partial charge in [-0.15, -0.1) is 0 Å². The largest absolute Gasteiger partial charge is 0.481 e. The van der Waals surface area contributed by atoms with Crippen molar-refractivity contribution in [3.63, 3.8) is 0 Å². The molecule has 1 atom stereocenters. The number of halogens is 1. The average Bonchev–Trinajstić information content (AvgIpc) is 3.45. The van der Waals surface area contributed by atoms with Gasteiger partial charge in [-0.25, -0.2) is 17.8 Å². The number of fused-ring (bicyclic) bond motifs is 1. The zero-order valence-corrected chi connectivity index (χ0v) is 19.5. The van der Waals surface area contributed by atoms with Crippen LogP contribution in [0.15, 0.2) is 53.2 Å². The first kappa shape index (κ1) is 23.3. The summed E-state index contributed by atoms with van der Waals surface area (Å²) in [6.07, 6.45) is 3.86. The van der Waals surface area contributed by atoms with Crippen LogP contribution in [0.5, 0.6) is 5.75 Å². The summed E-state index contributed by atoms with van der Waals surface area (Å²) in [7, 11) is -1.85. The highest BCUT2D eigenvalue weighted by molar-refractivity contribution is 7.90. The van der Waals surface area contributed by atoms with Gasteiger partial charge in [0.05, 0.1) is 11.3 Å². The van der Waals surface area contributed by atoms with Gasteiger partial charge in [-0.3, -0.25) is 4.79 Å². The number of hydrogen-bond donors (Lipinski definition) is 3. The van der Waals surface area contributed by atoms with Crippen molar-refractivity contribution in [1.82, 2.24) is 15.3 Å². The van der Waals surface area contributed by atoms with Gasteiger partial charge >= 0.3 is 0 Å². The number of furan rings is 1. The number of amides is 1. The Balaban J connectivity index is 1.88. The molecule has 0 fully saturated rings. The van der Waals surface area contributed by atoms with Crippen LogP contribution in [0.1, 0.15) is 29.2 Å². The number of anilines is 1. The molecule has 2 heterocycles. The number of H-pyrrole nitrogens is 1. The third-order valence-electron chi connectivity index (χ3n) is 5.08. The smallest absolute Gasteiger partial charge is 0.255 e. The highest BCUT2D eigenvalue weighted by Crippen LogP contribution is 2.40. The lowest BCUT2D eigenvalue weighted by molar-refractivity contribution is 0.0964. The molecule has 0 bridgehead atoms. The Kier molecular flexibility index (Phi) is 6.29. The summed E-state index contributed by atoms with van der Waals surface area (Å²) in [5.74, 6) is -0.0370. The van der Waals surface area contributed by atoms with Gasteiger partial charge in [0.1, 0.15) is 34.6 Å². The molecule has 34 heavy (non-hydrogen) atoms. The topological polar surface area (TPSA) is 126 Å². The zero-order chi connectivity index (χ0) is 24.5. The lowest BCUT2D eigenvalue weighted by Gasteiger charge is -2.17. The molecule has 0 aliphatic carbocycles. The molecule has 178 valence electrons. The summed E-state index contributed by atoms with van der Waals surface area (Å²) in [5.41, 5.74) is 1.44. The van der Waals surface area contributed by atoms with Crippen molar-refractivity contribution >= 4 is 32.4 Å². The number of nitrogens with zero attached hydrogens (tertiary/aromatic N) is 1. The molecule has 11 heteroatoms. The van der Waals surface area contributed by atoms with Crippen LogP contribution < -0.4 is 15.4 Å². The highest BCUT2D eigenvalue weighted by Gasteiger charge is 2.24. The second-order valence-electron chi connectivity index (χ2n) is 7.72. The normalized spacial score (nSPS) is 12.5. The Morgan fingerprint density at radius 3 is 2.62 bits per heavy atom. The van der Waals surface area contributed by atoms with Crippen LogP contribution in [0.4, 0.5) is 10.1 Å². The highest BCUT2D eigenvalue weighted by atomic mass is 32.2. The first-order chi connectivity index (χ1) is 16.2. The monoisotopic (exact) mass is 486 g/mol. The van der Waals surface area contributed by atoms with E-state index >= 15 is 0 Å². The molecule has 0 spiro atoms. The Labute approximate surface area is 195 Å². The molecular formula is C23H23FN4O5S. The maximum Gasteiger partial charge on any atom is 0.255 e. The van der Waals surface area contributed by atoms with Crippen LogP contribution in [-0.4, -0.2) is 43.5 Å². The fourth-order valence-electron chi connectivity index (χ4n) is 3.47. The van der Waals surface area contributed by atoms with Gasteiger partial charge in [-0.05, 0) is 37.3 Å². The quantitative estimate of drug-likeness (QED) is 0.345. The predicted molar refractivity (Wildman–Crippen MR) is 126 cm³/mol. The fourth-order valence-corrected chi connectivity index (χ4v) is 3.89. The van der Waals surface area contributed by atoms with E-state index in [2.05, 4.69) is 20.6 Å². The third-order valence-corrected chi connectivity index (χ3v) is 5.75. The molecule has 4 rings (SSSR count). The summed E-state index contributed by atoms with van der Waals surface area (Å²) >= 11 is 0. The number of aromatic nitrogens is 2. The van der Waals surface area contributed by atoms with Gasteiger partial charge in [0, 0.05) is 42.7 Å². The predicted octanol–water partition coefficient (Wildman–Crippen LogP) is 3.88. The molecule has 0 saturated heterocycles. The van der Waals surface area contributed by atoms with Gasteiger partial charge in [0.15, 0.2) is 15.9 Å². The summed E-state index contributed by atoms with van der Waals surface area (Å²) < 4.78 is 49.1. The summed E-state index contributed by atoms with van der Waals surface area (Å²) in [4.78, 5) is 20.0. The first-order valence-corrected chi connectivity index (χ1v) is 12.4. The van der Waals surface area contributed by atoms with Gasteiger partial charge in [0.2, 0.25) is 0 Å². The standard InChI is InChI=1S/C23H23FN4O5S/c1-13(22-26-8-9-27-22)32-19-10-16-18(11-17(19)28-12-34(3,30)31)33-21(20(16)23(29)25-2)14-4-6-15(24)7-5-14/h4-11,13,28H,12H2,1-3H3,(H,25,29)(H,26,27). The summed E-state index contributed by atoms with van der Waals surface area (Å²) in [6.45, 7) is 1.78. The van der Waals surface area contributed by atoms with Crippen molar-refractivity contribution < 1.29 is 26.8 Å². The molecule has 0 saturated carbocycles. The van der Waals surface area contributed by atoms with Crippen molar-refractivity contribution in [1.29, 1.82) is 0 Å². The average molecular weight is 487 g/mol. The number of rotatable bonds is 8. The number of aromatic amines is 1. The Morgan fingerprint density at radius 1 is 1.26 bits per heavy atom. The van der Waals surface area contributed by atoms with E-state index in [0.29, 0.717) is 33.8 Å². The Morgan fingerprint density at radius 2 is 2.00 bits per heavy atom. The molecule has 4 aromatic rings. The van der Waals surface area contributed by atoms with Gasteiger partial charge in [0.25, 0.3) is 5.91 Å². The van der Waals surface area contributed by atoms with Crippen molar-refractivity contribution in [3.8, 4) is 17.1 Å². The first-order valence-electron chi connectivity index (χ1n) is 10.3. The third kappa shape index (κ3) is 4.88. The molecule has 2 aromatic carbocycles. The fraction of sp³-hybridized carbons (Fsp3) is 0.217. The van der Waals surface area contributed by atoms with Crippen LogP contribution >= 0.6 is 0 Å². The minimum Gasteiger partial charge on any atom is -0.481 e. The maximum absolute atomic E-state index is 13.5. The molecule has 2 aromatic heterocycles. The maximum atomic E-state index is 13.5. The van der Waals surface area contributed by atoms with Crippen LogP contribution in [0.2, 0.25) is 0 Å². The molecule has 0 aliphatic heterocycles. The van der Waals surface area contributed by atoms with Crippen molar-refractivity contribution in [2.24, 2.45) is 0 Å². The van der Waals surface area contributed by atoms with Crippen molar-refractivity contribution in [3.05, 3.63) is 66.0 Å². The van der Waals surface area contributed by atoms with Crippen LogP contribution in [0.25, 0.3) is 22.3 Å². The Bertz CT molecular complexity index is 1430. The van der Waals surface area contributed by atoms with E-state index in [0.717, 1.165) is 6.26 Å². The molecule has 1 unspecified atom stereocenters. The second-order valence-corrected chi connectivity index (χ2v) is 9.86. The lowest BCUT2D eigenvalue weighted by atomic mass is 10.0. The van der Waals surface area contributed by atoms with Crippen LogP contribution in [-0.2, 0) is 9.84 Å². The zero-order valence-electron chi connectivity index (χ0n) is 18.7. The van der Waals surface area contributed by atoms with Crippen molar-refractivity contribution in [2.45, 2.75) is 13.0 Å². The summed E-state index contributed by atoms with van der Waals surface area (Å²) in [5, 5.41) is 5.91. The molecule has 9 nitrogen and oxygen atoms in total. The number of nitrogens with one attached hydrogen (secondary N) is 3. The van der Waals surface area contributed by atoms with E-state index in [-0.39, 0.29) is 17.2 Å². The number of ether oxygens (including phenoxy) is 1. The van der Waals surface area contributed by atoms with E-state index in [1.54, 1.807) is 31.5 Å². The number of hydrogen-bond acceptors (Lipinski definition) is 7. The summed E-state index contributed by atoms with van der Waals surface area (Å²) in [6, 6.07) is 8.76. The lowest BCUT2D eigenvalue weighted by Crippen LogP contribution is -2.18. The molecule has 3 N–H and O–H groups in total. The number of benzene rings is 2. The van der Waals surface area contributed by atoms with E-state index < -0.39 is 27.7 Å². The molecule has 0 aliphatic rings. The SMILES string of the molecule is CNC(=O)c1c(-c2ccc(F)cc2)oc2cc(NCS(C)(=O)=O)c(OC(C)c3ncc[nH]3)cc12. The second kappa shape index (κ2) is 9.18. The molecule has 1 amide bonds. The van der Waals surface area contributed by atoms with Crippen molar-refractivity contribution in [2.75, 3.05) is 24.5 Å². The van der Waals surface area contributed by atoms with E-state index in [9.17, 15) is 17.6 Å². The number of sulfone groups is 1. The molecular weight excluding hydrogens is 463 g/mol. The number of imidazole rings is 1. The number of carbonyl (C=O) groups is 1. The van der Waals surface area contributed by atoms with Gasteiger partial charge in [-0.2, -0.15) is 0 Å². The van der Waals surface area contributed by atoms with E-state index in [1.807, 2.05) is 0 Å². The van der Waals surface area contributed by atoms with Gasteiger partial charge in [-0.1, -0.05) is 0 Å². The van der Waals surface area contributed by atoms with E-state index in [4.69, 9.17) is 9.15 Å². The van der Waals surface area contributed by atoms with Crippen LogP contribution in [0.3, 0.4) is 0 Å². The van der Waals surface area contributed by atoms with Crippen LogP contribution in [0, 0.1) is 5.82 Å². The molecule has 0 radical (unpaired) electrons. The van der Waals surface area contributed by atoms with E-state index in [1.165, 1.54) is 31.3 Å². The minimum absolute atomic E-state index is 0.245. The number of carbonyl (C=O) groups excluding carboxylic acids is 1. The minimum atomic E-state index is -3.35. The van der Waals surface area contributed by atoms with Gasteiger partial charge < -0.3 is 24.8 Å².